The first-order valence-electron chi connectivity index (χ1n) is 7.06. The highest BCUT2D eigenvalue weighted by atomic mass is 19.4. The van der Waals surface area contributed by atoms with E-state index < -0.39 is 11.7 Å². The molecule has 0 aromatic heterocycles. The van der Waals surface area contributed by atoms with Gasteiger partial charge in [0.1, 0.15) is 5.84 Å². The Kier molecular flexibility index (Phi) is 3.61. The molecular weight excluding hydrogens is 281 g/mol. The molecule has 1 aliphatic carbocycles. The molecule has 3 aliphatic rings. The standard InChI is InChI=1S/C14H17F3N4/c15-14(16,17)10-4-2-1-3-8(10)13-20-11-5-6-19-7-9(11)12(18)21-13/h1,3,9,11,19H,2,4-7H2,(H2,18,20,21). The van der Waals surface area contributed by atoms with Crippen LogP contribution in [-0.4, -0.2) is 37.0 Å². The van der Waals surface area contributed by atoms with E-state index in [0.29, 0.717) is 18.8 Å². The van der Waals surface area contributed by atoms with Gasteiger partial charge in [0.05, 0.1) is 12.0 Å². The molecule has 0 aromatic carbocycles. The largest absolute Gasteiger partial charge is 0.413 e. The van der Waals surface area contributed by atoms with Gasteiger partial charge in [0, 0.05) is 17.7 Å². The molecule has 1 fully saturated rings. The molecular formula is C14H17F3N4. The maximum absolute atomic E-state index is 13.1. The first kappa shape index (κ1) is 14.3. The van der Waals surface area contributed by atoms with Crippen molar-refractivity contribution >= 4 is 11.7 Å². The van der Waals surface area contributed by atoms with Crippen LogP contribution in [0.5, 0.6) is 0 Å². The number of nitrogens with one attached hydrogen (secondary N) is 1. The Labute approximate surface area is 120 Å². The van der Waals surface area contributed by atoms with Gasteiger partial charge in [0.15, 0.2) is 5.84 Å². The first-order valence-corrected chi connectivity index (χ1v) is 7.06. The van der Waals surface area contributed by atoms with E-state index in [2.05, 4.69) is 15.3 Å². The maximum Gasteiger partial charge on any atom is 0.413 e. The zero-order chi connectivity index (χ0) is 15.0. The molecule has 0 radical (unpaired) electrons. The van der Waals surface area contributed by atoms with Crippen LogP contribution in [0.3, 0.4) is 0 Å². The second kappa shape index (κ2) is 5.29. The van der Waals surface area contributed by atoms with Gasteiger partial charge in [-0.15, -0.1) is 0 Å². The topological polar surface area (TPSA) is 62.8 Å². The summed E-state index contributed by atoms with van der Waals surface area (Å²) in [6.45, 7) is 1.48. The molecule has 2 atom stereocenters. The van der Waals surface area contributed by atoms with E-state index in [1.807, 2.05) is 0 Å². The van der Waals surface area contributed by atoms with Crippen molar-refractivity contribution in [2.45, 2.75) is 31.5 Å². The van der Waals surface area contributed by atoms with Crippen LogP contribution >= 0.6 is 0 Å². The predicted molar refractivity (Wildman–Crippen MR) is 75.3 cm³/mol. The van der Waals surface area contributed by atoms with Gasteiger partial charge in [-0.25, -0.2) is 4.99 Å². The quantitative estimate of drug-likeness (QED) is 0.777. The van der Waals surface area contributed by atoms with Gasteiger partial charge in [-0.2, -0.15) is 13.2 Å². The Morgan fingerprint density at radius 2 is 2.14 bits per heavy atom. The van der Waals surface area contributed by atoms with Gasteiger partial charge in [-0.3, -0.25) is 4.99 Å². The van der Waals surface area contributed by atoms with Crippen LogP contribution in [0.15, 0.2) is 33.3 Å². The van der Waals surface area contributed by atoms with Gasteiger partial charge in [-0.1, -0.05) is 12.2 Å². The van der Waals surface area contributed by atoms with Crippen LogP contribution in [0.25, 0.3) is 0 Å². The molecule has 0 aromatic rings. The van der Waals surface area contributed by atoms with Gasteiger partial charge >= 0.3 is 6.18 Å². The summed E-state index contributed by atoms with van der Waals surface area (Å²) in [7, 11) is 0. The van der Waals surface area contributed by atoms with E-state index in [1.54, 1.807) is 6.08 Å². The molecule has 0 spiro atoms. The zero-order valence-electron chi connectivity index (χ0n) is 11.5. The van der Waals surface area contributed by atoms with Crippen molar-refractivity contribution in [2.24, 2.45) is 21.6 Å². The number of aliphatic imine (C=N–C) groups is 2. The number of piperidine rings is 1. The third kappa shape index (κ3) is 2.74. The maximum atomic E-state index is 13.1. The van der Waals surface area contributed by atoms with Crippen molar-refractivity contribution in [3.63, 3.8) is 0 Å². The number of fused-ring (bicyclic) bond motifs is 1. The van der Waals surface area contributed by atoms with Crippen molar-refractivity contribution in [2.75, 3.05) is 13.1 Å². The van der Waals surface area contributed by atoms with Crippen molar-refractivity contribution in [1.29, 1.82) is 0 Å². The van der Waals surface area contributed by atoms with Gasteiger partial charge in [0.2, 0.25) is 0 Å². The normalized spacial score (nSPS) is 29.9. The monoisotopic (exact) mass is 298 g/mol. The highest BCUT2D eigenvalue weighted by Gasteiger charge is 2.39. The summed E-state index contributed by atoms with van der Waals surface area (Å²) in [6, 6.07) is -0.0731. The number of halogens is 3. The third-order valence-electron chi connectivity index (χ3n) is 4.10. The molecule has 7 heteroatoms. The summed E-state index contributed by atoms with van der Waals surface area (Å²) in [5.41, 5.74) is 5.47. The van der Waals surface area contributed by atoms with Gasteiger partial charge in [-0.05, 0) is 25.8 Å². The molecule has 1 saturated heterocycles. The van der Waals surface area contributed by atoms with Crippen LogP contribution in [0, 0.1) is 5.92 Å². The second-order valence-corrected chi connectivity index (χ2v) is 5.49. The predicted octanol–water partition coefficient (Wildman–Crippen LogP) is 1.94. The van der Waals surface area contributed by atoms with Crippen LogP contribution < -0.4 is 11.1 Å². The molecule has 114 valence electrons. The van der Waals surface area contributed by atoms with E-state index in [4.69, 9.17) is 5.73 Å². The van der Waals surface area contributed by atoms with Crippen LogP contribution in [0.1, 0.15) is 19.3 Å². The number of rotatable bonds is 1. The Bertz CT molecular complexity index is 557. The van der Waals surface area contributed by atoms with Gasteiger partial charge < -0.3 is 11.1 Å². The SMILES string of the molecule is NC1=NC(C2=C(C(F)(F)F)CCC=C2)=NC2CCNCC12. The highest BCUT2D eigenvalue weighted by Crippen LogP contribution is 2.36. The number of allylic oxidation sites excluding steroid dienone is 2. The number of hydrogen-bond acceptors (Lipinski definition) is 4. The number of hydrogen-bond donors (Lipinski definition) is 2. The molecule has 0 saturated carbocycles. The van der Waals surface area contributed by atoms with Crippen molar-refractivity contribution in [3.8, 4) is 0 Å². The lowest BCUT2D eigenvalue weighted by Crippen LogP contribution is -2.48. The summed E-state index contributed by atoms with van der Waals surface area (Å²) in [6.07, 6.45) is -0.0164. The lowest BCUT2D eigenvalue weighted by atomic mass is 9.90. The number of nitrogens with zero attached hydrogens (tertiary/aromatic N) is 2. The Hall–Kier alpha value is -1.63. The third-order valence-corrected chi connectivity index (χ3v) is 4.10. The lowest BCUT2D eigenvalue weighted by molar-refractivity contribution is -0.0944. The fraction of sp³-hybridized carbons (Fsp3) is 0.571. The summed E-state index contributed by atoms with van der Waals surface area (Å²) in [5.74, 6) is 0.508. The highest BCUT2D eigenvalue weighted by molar-refractivity contribution is 6.10. The van der Waals surface area contributed by atoms with Crippen molar-refractivity contribution < 1.29 is 13.2 Å². The molecule has 4 nitrogen and oxygen atoms in total. The van der Waals surface area contributed by atoms with Crippen LogP contribution in [-0.2, 0) is 0 Å². The molecule has 3 N–H and O–H groups in total. The summed E-state index contributed by atoms with van der Waals surface area (Å²) < 4.78 is 39.4. The number of amidine groups is 2. The number of alkyl halides is 3. The molecule has 2 unspecified atom stereocenters. The van der Waals surface area contributed by atoms with Gasteiger partial charge in [0.25, 0.3) is 0 Å². The van der Waals surface area contributed by atoms with E-state index in [0.717, 1.165) is 13.0 Å². The number of nitrogens with two attached hydrogens (primary N) is 1. The summed E-state index contributed by atoms with van der Waals surface area (Å²) in [4.78, 5) is 8.59. The Balaban J connectivity index is 2.00. The Morgan fingerprint density at radius 3 is 2.90 bits per heavy atom. The molecule has 3 rings (SSSR count). The van der Waals surface area contributed by atoms with Crippen LogP contribution in [0.4, 0.5) is 13.2 Å². The summed E-state index contributed by atoms with van der Waals surface area (Å²) in [5, 5.41) is 3.21. The smallest absolute Gasteiger partial charge is 0.387 e. The molecule has 0 amide bonds. The van der Waals surface area contributed by atoms with Crippen molar-refractivity contribution in [3.05, 3.63) is 23.3 Å². The van der Waals surface area contributed by atoms with E-state index >= 15 is 0 Å². The average Bonchev–Trinajstić information content (AvgIpc) is 2.46. The van der Waals surface area contributed by atoms with Crippen LogP contribution in [0.2, 0.25) is 0 Å². The fourth-order valence-electron chi connectivity index (χ4n) is 2.99. The first-order chi connectivity index (χ1) is 9.97. The molecule has 2 heterocycles. The zero-order valence-corrected chi connectivity index (χ0v) is 11.5. The molecule has 2 aliphatic heterocycles. The van der Waals surface area contributed by atoms with E-state index in [9.17, 15) is 13.2 Å². The average molecular weight is 298 g/mol. The second-order valence-electron chi connectivity index (χ2n) is 5.49. The lowest BCUT2D eigenvalue weighted by Gasteiger charge is -2.32. The molecule has 21 heavy (non-hydrogen) atoms. The minimum atomic E-state index is -4.35. The summed E-state index contributed by atoms with van der Waals surface area (Å²) >= 11 is 0. The fourth-order valence-corrected chi connectivity index (χ4v) is 2.99. The molecule has 0 bridgehead atoms. The van der Waals surface area contributed by atoms with Crippen molar-refractivity contribution in [1.82, 2.24) is 5.32 Å². The minimum Gasteiger partial charge on any atom is -0.387 e. The van der Waals surface area contributed by atoms with E-state index in [1.165, 1.54) is 6.08 Å². The Morgan fingerprint density at radius 1 is 1.33 bits per heavy atom. The van der Waals surface area contributed by atoms with E-state index in [-0.39, 0.29) is 29.8 Å². The minimum absolute atomic E-state index is 0.00925.